The predicted molar refractivity (Wildman–Crippen MR) is 52.2 cm³/mol. The number of unbranched alkanes of at least 4 members (excludes halogenated alkanes) is 1. The van der Waals surface area contributed by atoms with Crippen LogP contribution in [-0.2, 0) is 17.8 Å². The van der Waals surface area contributed by atoms with Crippen LogP contribution in [0.3, 0.4) is 0 Å². The summed E-state index contributed by atoms with van der Waals surface area (Å²) in [6.07, 6.45) is 6.98. The van der Waals surface area contributed by atoms with Gasteiger partial charge in [0.05, 0.1) is 11.4 Å². The molecule has 80 valence electrons. The lowest BCUT2D eigenvalue weighted by molar-refractivity contribution is 0.436. The van der Waals surface area contributed by atoms with Crippen molar-refractivity contribution in [2.45, 2.75) is 26.2 Å². The van der Waals surface area contributed by atoms with Crippen LogP contribution < -0.4 is 0 Å². The molecule has 1 rings (SSSR count). The maximum atomic E-state index is 8.56. The van der Waals surface area contributed by atoms with E-state index in [2.05, 4.69) is 16.9 Å². The average molecular weight is 217 g/mol. The summed E-state index contributed by atoms with van der Waals surface area (Å²) in [7, 11) is 0. The van der Waals surface area contributed by atoms with Crippen molar-refractivity contribution in [3.63, 3.8) is 0 Å². The molecule has 0 aliphatic heterocycles. The molecule has 1 atom stereocenters. The summed E-state index contributed by atoms with van der Waals surface area (Å²) in [6, 6.07) is 1.84. The van der Waals surface area contributed by atoms with Crippen molar-refractivity contribution in [3.05, 3.63) is 24.3 Å². The maximum absolute atomic E-state index is 8.56. The summed E-state index contributed by atoms with van der Waals surface area (Å²) in [5.74, 6) is 0.962. The van der Waals surface area contributed by atoms with Gasteiger partial charge in [-0.05, 0) is 12.5 Å². The molecule has 1 aromatic heterocycles. The Balaban J connectivity index is 0.000000364. The molecule has 0 fully saturated rings. The van der Waals surface area contributed by atoms with E-state index in [4.69, 9.17) is 13.3 Å². The largest absolute Gasteiger partial charge is 0.750 e. The summed E-state index contributed by atoms with van der Waals surface area (Å²) in [4.78, 5) is 8.21. The fourth-order valence-corrected chi connectivity index (χ4v) is 0.794. The Bertz CT molecular complexity index is 252. The highest BCUT2D eigenvalue weighted by atomic mass is 32.2. The number of aromatic nitrogens is 2. The van der Waals surface area contributed by atoms with Gasteiger partial charge in [-0.25, -0.2) is 14.2 Å². The second-order valence-electron chi connectivity index (χ2n) is 2.49. The van der Waals surface area contributed by atoms with E-state index in [-0.39, 0.29) is 0 Å². The molecule has 0 amide bonds. The van der Waals surface area contributed by atoms with Crippen LogP contribution in [0, 0.1) is 0 Å². The minimum atomic E-state index is -2.86. The minimum absolute atomic E-state index is 0.962. The molecule has 0 radical (unpaired) electrons. The van der Waals surface area contributed by atoms with Crippen molar-refractivity contribution in [2.75, 3.05) is 0 Å². The summed E-state index contributed by atoms with van der Waals surface area (Å²) >= 11 is -2.86. The first-order chi connectivity index (χ1) is 6.66. The van der Waals surface area contributed by atoms with Crippen molar-refractivity contribution in [1.82, 2.24) is 9.97 Å². The normalized spacial score (nSPS) is 11.4. The van der Waals surface area contributed by atoms with Gasteiger partial charge in [0, 0.05) is 18.8 Å². The van der Waals surface area contributed by atoms with Crippen molar-refractivity contribution in [3.8, 4) is 0 Å². The molecule has 1 heterocycles. The van der Waals surface area contributed by atoms with Crippen molar-refractivity contribution in [1.29, 1.82) is 0 Å². The molecule has 0 aromatic carbocycles. The van der Waals surface area contributed by atoms with Gasteiger partial charge in [0.1, 0.15) is 5.82 Å². The van der Waals surface area contributed by atoms with E-state index >= 15 is 0 Å². The molecule has 0 aliphatic carbocycles. The van der Waals surface area contributed by atoms with E-state index in [0.717, 1.165) is 12.2 Å². The molecule has 6 heteroatoms. The second-order valence-corrected chi connectivity index (χ2v) is 2.92. The van der Waals surface area contributed by atoms with Gasteiger partial charge in [-0.15, -0.1) is 0 Å². The zero-order chi connectivity index (χ0) is 10.8. The smallest absolute Gasteiger partial charge is 0.128 e. The molecule has 0 spiro atoms. The molecule has 5 nitrogen and oxygen atoms in total. The Morgan fingerprint density at radius 1 is 1.50 bits per heavy atom. The molecule has 1 N–H and O–H groups in total. The van der Waals surface area contributed by atoms with Gasteiger partial charge in [0.2, 0.25) is 0 Å². The topological polar surface area (TPSA) is 86.1 Å². The summed E-state index contributed by atoms with van der Waals surface area (Å²) in [6.45, 7) is 2.17. The van der Waals surface area contributed by atoms with Crippen LogP contribution in [0.1, 0.15) is 25.6 Å². The van der Waals surface area contributed by atoms with Crippen molar-refractivity contribution in [2.24, 2.45) is 0 Å². The van der Waals surface area contributed by atoms with Crippen LogP contribution in [0.5, 0.6) is 0 Å². The Labute approximate surface area is 85.7 Å². The lowest BCUT2D eigenvalue weighted by Gasteiger charge is -1.94. The fraction of sp³-hybridized carbons (Fsp3) is 0.500. The van der Waals surface area contributed by atoms with E-state index in [1.807, 2.05) is 6.07 Å². The van der Waals surface area contributed by atoms with Crippen LogP contribution in [-0.4, -0.2) is 23.3 Å². The van der Waals surface area contributed by atoms with Gasteiger partial charge in [0.25, 0.3) is 0 Å². The van der Waals surface area contributed by atoms with E-state index < -0.39 is 11.4 Å². The summed E-state index contributed by atoms with van der Waals surface area (Å²) in [5, 5.41) is 0. The first-order valence-corrected chi connectivity index (χ1v) is 5.24. The molecule has 0 bridgehead atoms. The molecule has 0 saturated carbocycles. The van der Waals surface area contributed by atoms with Gasteiger partial charge in [-0.1, -0.05) is 13.3 Å². The molecular formula is C8H13N2O3S-. The third-order valence-corrected chi connectivity index (χ3v) is 1.37. The number of hydrogen-bond donors (Lipinski definition) is 1. The number of hydrogen-bond acceptors (Lipinski definition) is 4. The summed E-state index contributed by atoms with van der Waals surface area (Å²) in [5.41, 5.74) is 0. The lowest BCUT2D eigenvalue weighted by Crippen LogP contribution is -1.91. The van der Waals surface area contributed by atoms with Gasteiger partial charge in [0.15, 0.2) is 0 Å². The second kappa shape index (κ2) is 8.74. The number of nitrogens with zero attached hydrogens (tertiary/aromatic N) is 2. The first kappa shape index (κ1) is 13.2. The monoisotopic (exact) mass is 217 g/mol. The first-order valence-electron chi connectivity index (χ1n) is 4.21. The van der Waals surface area contributed by atoms with Gasteiger partial charge >= 0.3 is 0 Å². The quantitative estimate of drug-likeness (QED) is 0.768. The number of aryl methyl sites for hydroxylation is 1. The van der Waals surface area contributed by atoms with Gasteiger partial charge < -0.3 is 9.11 Å². The number of rotatable bonds is 3. The summed E-state index contributed by atoms with van der Waals surface area (Å²) < 4.78 is 24.1. The van der Waals surface area contributed by atoms with Crippen molar-refractivity contribution >= 4 is 11.4 Å². The zero-order valence-electron chi connectivity index (χ0n) is 7.92. The third-order valence-electron chi connectivity index (χ3n) is 1.37. The Morgan fingerprint density at radius 3 is 2.43 bits per heavy atom. The van der Waals surface area contributed by atoms with Crippen LogP contribution in [0.15, 0.2) is 18.5 Å². The van der Waals surface area contributed by atoms with E-state index in [1.54, 1.807) is 12.4 Å². The highest BCUT2D eigenvalue weighted by molar-refractivity contribution is 7.73. The third kappa shape index (κ3) is 9.24. The van der Waals surface area contributed by atoms with E-state index in [1.165, 1.54) is 12.8 Å². The molecule has 1 unspecified atom stereocenters. The zero-order valence-corrected chi connectivity index (χ0v) is 8.74. The van der Waals surface area contributed by atoms with Crippen LogP contribution >= 0.6 is 0 Å². The van der Waals surface area contributed by atoms with Gasteiger partial charge in [-0.3, -0.25) is 0 Å². The highest BCUT2D eigenvalue weighted by Crippen LogP contribution is 1.95. The molecule has 0 saturated heterocycles. The minimum Gasteiger partial charge on any atom is -0.750 e. The van der Waals surface area contributed by atoms with Crippen LogP contribution in [0.4, 0.5) is 0 Å². The average Bonchev–Trinajstić information content (AvgIpc) is 2.15. The Morgan fingerprint density at radius 2 is 2.00 bits per heavy atom. The van der Waals surface area contributed by atoms with Crippen LogP contribution in [0.2, 0.25) is 0 Å². The fourth-order valence-electron chi connectivity index (χ4n) is 0.794. The standard InChI is InChI=1S/C8H12N2.H2O3S/c1-2-3-5-8-9-6-4-7-10-8;1-4(2)3/h4,6-7H,2-3,5H2,1H3;(H2,1,2,3)/p-1. The van der Waals surface area contributed by atoms with Gasteiger partial charge in [-0.2, -0.15) is 0 Å². The molecule has 0 aliphatic rings. The Hall–Kier alpha value is -0.850. The highest BCUT2D eigenvalue weighted by Gasteiger charge is 1.90. The van der Waals surface area contributed by atoms with E-state index in [0.29, 0.717) is 0 Å². The predicted octanol–water partition coefficient (Wildman–Crippen LogP) is 1.16. The Kier molecular flexibility index (Phi) is 8.20. The molecule has 1 aromatic rings. The molecular weight excluding hydrogens is 204 g/mol. The lowest BCUT2D eigenvalue weighted by atomic mass is 10.2. The maximum Gasteiger partial charge on any atom is 0.128 e. The van der Waals surface area contributed by atoms with Crippen LogP contribution in [0.25, 0.3) is 0 Å². The molecule has 14 heavy (non-hydrogen) atoms. The van der Waals surface area contributed by atoms with Crippen molar-refractivity contribution < 1.29 is 13.3 Å². The van der Waals surface area contributed by atoms with E-state index in [9.17, 15) is 0 Å². The SMILES string of the molecule is CCCCc1ncccn1.O=S([O-])O.